The lowest BCUT2D eigenvalue weighted by molar-refractivity contribution is -0.133. The van der Waals surface area contributed by atoms with E-state index in [0.29, 0.717) is 11.5 Å². The number of amides is 1. The summed E-state index contributed by atoms with van der Waals surface area (Å²) >= 11 is 0. The van der Waals surface area contributed by atoms with Gasteiger partial charge in [0.25, 0.3) is 0 Å². The van der Waals surface area contributed by atoms with Gasteiger partial charge in [-0.1, -0.05) is 20.8 Å². The molecule has 7 heteroatoms. The van der Waals surface area contributed by atoms with Gasteiger partial charge in [-0.25, -0.2) is 0 Å². The average molecular weight is 495 g/mol. The van der Waals surface area contributed by atoms with Gasteiger partial charge in [0.15, 0.2) is 5.96 Å². The Bertz CT molecular complexity index is 462. The van der Waals surface area contributed by atoms with E-state index in [1.807, 2.05) is 21.1 Å². The second-order valence-electron chi connectivity index (χ2n) is 8.92. The number of rotatable bonds is 8. The summed E-state index contributed by atoms with van der Waals surface area (Å²) < 4.78 is 0. The van der Waals surface area contributed by atoms with Crippen molar-refractivity contribution >= 4 is 35.8 Å². The van der Waals surface area contributed by atoms with Gasteiger partial charge in [0.05, 0.1) is 6.04 Å². The highest BCUT2D eigenvalue weighted by Crippen LogP contribution is 2.21. The molecule has 0 spiro atoms. The Kier molecular flexibility index (Phi) is 12.5. The molecule has 0 radical (unpaired) electrons. The number of halogens is 1. The van der Waals surface area contributed by atoms with Gasteiger partial charge in [0.1, 0.15) is 0 Å². The molecular weight excluding hydrogens is 453 g/mol. The highest BCUT2D eigenvalue weighted by Gasteiger charge is 2.30. The zero-order chi connectivity index (χ0) is 19.7. The lowest BCUT2D eigenvalue weighted by Gasteiger charge is -2.26. The third kappa shape index (κ3) is 10.5. The fourth-order valence-electron chi connectivity index (χ4n) is 3.31. The first-order valence-electron chi connectivity index (χ1n) is 10.1. The maximum absolute atomic E-state index is 12.2. The molecule has 0 aromatic carbocycles. The lowest BCUT2D eigenvalue weighted by Crippen LogP contribution is -2.45. The molecule has 1 amide bonds. The van der Waals surface area contributed by atoms with E-state index < -0.39 is 0 Å². The zero-order valence-electron chi connectivity index (χ0n) is 18.5. The fourth-order valence-corrected chi connectivity index (χ4v) is 3.31. The Morgan fingerprint density at radius 2 is 2.00 bits per heavy atom. The molecule has 1 rings (SSSR count). The van der Waals surface area contributed by atoms with Crippen molar-refractivity contribution in [2.75, 3.05) is 40.8 Å². The van der Waals surface area contributed by atoms with Gasteiger partial charge >= 0.3 is 0 Å². The Morgan fingerprint density at radius 1 is 1.33 bits per heavy atom. The molecule has 2 N–H and O–H groups in total. The van der Waals surface area contributed by atoms with Crippen LogP contribution in [0.2, 0.25) is 0 Å². The van der Waals surface area contributed by atoms with Gasteiger partial charge in [-0.05, 0) is 51.0 Å². The third-order valence-corrected chi connectivity index (χ3v) is 4.94. The van der Waals surface area contributed by atoms with E-state index in [-0.39, 0.29) is 35.9 Å². The summed E-state index contributed by atoms with van der Waals surface area (Å²) in [6.07, 6.45) is 5.43. The molecule has 0 saturated carbocycles. The van der Waals surface area contributed by atoms with Crippen LogP contribution in [0, 0.1) is 5.41 Å². The molecular formula is C20H42IN5O. The van der Waals surface area contributed by atoms with Gasteiger partial charge < -0.3 is 15.5 Å². The summed E-state index contributed by atoms with van der Waals surface area (Å²) in [4.78, 5) is 20.6. The van der Waals surface area contributed by atoms with E-state index in [2.05, 4.69) is 48.2 Å². The maximum Gasteiger partial charge on any atom is 0.239 e. The van der Waals surface area contributed by atoms with Crippen LogP contribution in [-0.2, 0) is 4.79 Å². The number of hydrogen-bond donors (Lipinski definition) is 2. The number of nitrogens with one attached hydrogen (secondary N) is 2. The SMILES string of the molecule is CN=C(NCCCN1CCCC1C(=O)N(C)C)NC(C)CCC(C)(C)C.I. The van der Waals surface area contributed by atoms with Crippen LogP contribution in [0.3, 0.4) is 0 Å². The van der Waals surface area contributed by atoms with Crippen molar-refractivity contribution in [3.63, 3.8) is 0 Å². The molecule has 160 valence electrons. The van der Waals surface area contributed by atoms with Crippen molar-refractivity contribution in [2.45, 2.75) is 71.9 Å². The quantitative estimate of drug-likeness (QED) is 0.235. The molecule has 27 heavy (non-hydrogen) atoms. The lowest BCUT2D eigenvalue weighted by atomic mass is 9.89. The molecule has 0 aromatic heterocycles. The van der Waals surface area contributed by atoms with Gasteiger partial charge in [-0.2, -0.15) is 0 Å². The van der Waals surface area contributed by atoms with Crippen LogP contribution in [0.15, 0.2) is 4.99 Å². The minimum absolute atomic E-state index is 0. The molecule has 1 saturated heterocycles. The number of likely N-dealkylation sites (N-methyl/N-ethyl adjacent to an activating group) is 1. The number of likely N-dealkylation sites (tertiary alicyclic amines) is 1. The van der Waals surface area contributed by atoms with E-state index >= 15 is 0 Å². The Hall–Kier alpha value is -0.570. The minimum atomic E-state index is 0. The first kappa shape index (κ1) is 26.4. The number of guanidine groups is 1. The Labute approximate surface area is 183 Å². The first-order valence-corrected chi connectivity index (χ1v) is 10.1. The van der Waals surface area contributed by atoms with Crippen LogP contribution in [0.1, 0.15) is 59.8 Å². The summed E-state index contributed by atoms with van der Waals surface area (Å²) in [5.41, 5.74) is 0.364. The van der Waals surface area contributed by atoms with Gasteiger partial charge in [-0.3, -0.25) is 14.7 Å². The van der Waals surface area contributed by atoms with Crippen LogP contribution in [0.4, 0.5) is 0 Å². The molecule has 1 aliphatic rings. The molecule has 0 aromatic rings. The number of aliphatic imine (C=N–C) groups is 1. The maximum atomic E-state index is 12.2. The van der Waals surface area contributed by atoms with Crippen molar-refractivity contribution in [3.8, 4) is 0 Å². The average Bonchev–Trinajstić information content (AvgIpc) is 3.02. The molecule has 1 heterocycles. The summed E-state index contributed by atoms with van der Waals surface area (Å²) in [5.74, 6) is 1.11. The number of carbonyl (C=O) groups excluding carboxylic acids is 1. The van der Waals surface area contributed by atoms with Crippen LogP contribution < -0.4 is 10.6 Å². The molecule has 2 unspecified atom stereocenters. The Balaban J connectivity index is 0.00000676. The third-order valence-electron chi connectivity index (χ3n) is 4.94. The van der Waals surface area contributed by atoms with Gasteiger partial charge in [-0.15, -0.1) is 24.0 Å². The van der Waals surface area contributed by atoms with E-state index in [0.717, 1.165) is 51.3 Å². The molecule has 1 fully saturated rings. The van der Waals surface area contributed by atoms with Crippen molar-refractivity contribution in [1.82, 2.24) is 20.4 Å². The summed E-state index contributed by atoms with van der Waals surface area (Å²) in [6, 6.07) is 0.473. The van der Waals surface area contributed by atoms with Crippen LogP contribution in [0.25, 0.3) is 0 Å². The predicted octanol–water partition coefficient (Wildman–Crippen LogP) is 2.93. The normalized spacial score (nSPS) is 19.4. The van der Waals surface area contributed by atoms with Gasteiger partial charge in [0.2, 0.25) is 5.91 Å². The van der Waals surface area contributed by atoms with E-state index in [1.54, 1.807) is 4.90 Å². The van der Waals surface area contributed by atoms with Crippen molar-refractivity contribution < 1.29 is 4.79 Å². The highest BCUT2D eigenvalue weighted by molar-refractivity contribution is 14.0. The van der Waals surface area contributed by atoms with Gasteiger partial charge in [0, 0.05) is 40.3 Å². The Morgan fingerprint density at radius 3 is 2.56 bits per heavy atom. The molecule has 2 atom stereocenters. The summed E-state index contributed by atoms with van der Waals surface area (Å²) in [5, 5.41) is 6.88. The number of hydrogen-bond acceptors (Lipinski definition) is 3. The van der Waals surface area contributed by atoms with Crippen LogP contribution >= 0.6 is 24.0 Å². The van der Waals surface area contributed by atoms with E-state index in [1.165, 1.54) is 6.42 Å². The van der Waals surface area contributed by atoms with Crippen molar-refractivity contribution in [2.24, 2.45) is 10.4 Å². The zero-order valence-corrected chi connectivity index (χ0v) is 20.8. The van der Waals surface area contributed by atoms with Crippen LogP contribution in [0.5, 0.6) is 0 Å². The number of carbonyl (C=O) groups is 1. The smallest absolute Gasteiger partial charge is 0.239 e. The second-order valence-corrected chi connectivity index (χ2v) is 8.92. The number of nitrogens with zero attached hydrogens (tertiary/aromatic N) is 3. The van der Waals surface area contributed by atoms with Crippen molar-refractivity contribution in [3.05, 3.63) is 0 Å². The fraction of sp³-hybridized carbons (Fsp3) is 0.900. The standard InChI is InChI=1S/C20H41N5O.HI/c1-16(11-12-20(2,3)4)23-19(21-5)22-13-9-15-25-14-8-10-17(25)18(26)24(6)7;/h16-17H,8-15H2,1-7H3,(H2,21,22,23);1H. The summed E-state index contributed by atoms with van der Waals surface area (Å²) in [7, 11) is 5.51. The van der Waals surface area contributed by atoms with Crippen molar-refractivity contribution in [1.29, 1.82) is 0 Å². The topological polar surface area (TPSA) is 60.0 Å². The molecule has 0 aliphatic carbocycles. The van der Waals surface area contributed by atoms with Crippen LogP contribution in [-0.4, -0.2) is 74.5 Å². The predicted molar refractivity (Wildman–Crippen MR) is 126 cm³/mol. The second kappa shape index (κ2) is 12.8. The summed E-state index contributed by atoms with van der Waals surface area (Å²) in [6.45, 7) is 11.9. The monoisotopic (exact) mass is 495 g/mol. The molecule has 6 nitrogen and oxygen atoms in total. The first-order chi connectivity index (χ1) is 12.1. The molecule has 0 bridgehead atoms. The highest BCUT2D eigenvalue weighted by atomic mass is 127. The minimum Gasteiger partial charge on any atom is -0.356 e. The molecule has 1 aliphatic heterocycles. The van der Waals surface area contributed by atoms with E-state index in [4.69, 9.17) is 0 Å². The largest absolute Gasteiger partial charge is 0.356 e. The van der Waals surface area contributed by atoms with E-state index in [9.17, 15) is 4.79 Å².